The molecule has 2 amide bonds. The van der Waals surface area contributed by atoms with Crippen molar-refractivity contribution >= 4 is 46.4 Å². The molecule has 1 aliphatic rings. The lowest BCUT2D eigenvalue weighted by molar-refractivity contribution is -0.125. The molecule has 120 valence electrons. The maximum absolute atomic E-state index is 12.2. The Bertz CT molecular complexity index is 573. The van der Waals surface area contributed by atoms with Gasteiger partial charge in [0.1, 0.15) is 6.04 Å². The first-order valence-electron chi connectivity index (χ1n) is 6.67. The molecule has 0 saturated carbocycles. The number of nitrogen functional groups attached to an aromatic ring is 1. The first-order valence-corrected chi connectivity index (χ1v) is 7.42. The van der Waals surface area contributed by atoms with Crippen LogP contribution in [0.15, 0.2) is 12.1 Å². The van der Waals surface area contributed by atoms with E-state index in [1.165, 1.54) is 12.1 Å². The molecule has 1 aromatic rings. The second-order valence-electron chi connectivity index (χ2n) is 5.00. The lowest BCUT2D eigenvalue weighted by atomic mass is 10.2. The van der Waals surface area contributed by atoms with Crippen LogP contribution in [-0.4, -0.2) is 48.9 Å². The van der Waals surface area contributed by atoms with Gasteiger partial charge in [-0.25, -0.2) is 0 Å². The van der Waals surface area contributed by atoms with E-state index in [-0.39, 0.29) is 22.5 Å². The van der Waals surface area contributed by atoms with Crippen LogP contribution in [0.2, 0.25) is 10.0 Å². The third-order valence-corrected chi connectivity index (χ3v) is 3.95. The first-order chi connectivity index (χ1) is 10.4. The van der Waals surface area contributed by atoms with E-state index in [1.807, 2.05) is 0 Å². The quantitative estimate of drug-likeness (QED) is 0.585. The summed E-state index contributed by atoms with van der Waals surface area (Å²) in [6.45, 7) is 1.67. The number of halogens is 2. The normalized spacial score (nSPS) is 18.9. The average Bonchev–Trinajstić information content (AvgIpc) is 2.43. The molecule has 1 atom stereocenters. The largest absolute Gasteiger partial charge is 0.399 e. The molecule has 9 heteroatoms. The van der Waals surface area contributed by atoms with E-state index in [0.717, 1.165) is 0 Å². The third-order valence-electron chi connectivity index (χ3n) is 3.36. The number of primary amides is 1. The summed E-state index contributed by atoms with van der Waals surface area (Å²) >= 11 is 12.0. The number of anilines is 2. The van der Waals surface area contributed by atoms with Gasteiger partial charge in [0.2, 0.25) is 11.8 Å². The number of carbonyl (C=O) groups is 2. The molecule has 0 unspecified atom stereocenters. The zero-order valence-electron chi connectivity index (χ0n) is 11.7. The SMILES string of the molecule is NC(=O)[C@@H]1CNCCN1CC(=O)Nc1c(Cl)cc(N)cc1Cl. The van der Waals surface area contributed by atoms with Crippen molar-refractivity contribution in [3.05, 3.63) is 22.2 Å². The number of carbonyl (C=O) groups excluding carboxylic acids is 2. The number of benzene rings is 1. The van der Waals surface area contributed by atoms with Gasteiger partial charge in [0.05, 0.1) is 22.3 Å². The fourth-order valence-electron chi connectivity index (χ4n) is 2.29. The number of nitrogens with one attached hydrogen (secondary N) is 2. The average molecular weight is 346 g/mol. The van der Waals surface area contributed by atoms with Crippen molar-refractivity contribution < 1.29 is 9.59 Å². The van der Waals surface area contributed by atoms with Crippen LogP contribution in [0.25, 0.3) is 0 Å². The van der Waals surface area contributed by atoms with Gasteiger partial charge in [-0.05, 0) is 12.1 Å². The van der Waals surface area contributed by atoms with Crippen molar-refractivity contribution in [1.29, 1.82) is 0 Å². The monoisotopic (exact) mass is 345 g/mol. The predicted octanol–water partition coefficient (Wildman–Crippen LogP) is 0.273. The van der Waals surface area contributed by atoms with Crippen LogP contribution in [0.1, 0.15) is 0 Å². The minimum Gasteiger partial charge on any atom is -0.399 e. The van der Waals surface area contributed by atoms with Crippen LogP contribution >= 0.6 is 23.2 Å². The number of amides is 2. The van der Waals surface area contributed by atoms with Crippen LogP contribution < -0.4 is 22.1 Å². The first kappa shape index (κ1) is 16.8. The Balaban J connectivity index is 2.05. The molecule has 2 rings (SSSR count). The summed E-state index contributed by atoms with van der Waals surface area (Å²) in [6, 6.07) is 2.48. The van der Waals surface area contributed by atoms with E-state index in [9.17, 15) is 9.59 Å². The van der Waals surface area contributed by atoms with Crippen molar-refractivity contribution in [2.75, 3.05) is 37.2 Å². The Morgan fingerprint density at radius 1 is 1.36 bits per heavy atom. The molecular weight excluding hydrogens is 329 g/mol. The fraction of sp³-hybridized carbons (Fsp3) is 0.385. The summed E-state index contributed by atoms with van der Waals surface area (Å²) in [5.74, 6) is -0.801. The van der Waals surface area contributed by atoms with E-state index in [2.05, 4.69) is 10.6 Å². The Morgan fingerprint density at radius 2 is 2.00 bits per heavy atom. The van der Waals surface area contributed by atoms with Crippen molar-refractivity contribution in [3.63, 3.8) is 0 Å². The Hall–Kier alpha value is -1.54. The third kappa shape index (κ3) is 4.01. The molecule has 22 heavy (non-hydrogen) atoms. The van der Waals surface area contributed by atoms with Crippen molar-refractivity contribution in [3.8, 4) is 0 Å². The molecule has 1 aliphatic heterocycles. The van der Waals surface area contributed by atoms with Crippen molar-refractivity contribution in [1.82, 2.24) is 10.2 Å². The second-order valence-corrected chi connectivity index (χ2v) is 5.81. The molecule has 1 saturated heterocycles. The minimum absolute atomic E-state index is 0.0202. The van der Waals surface area contributed by atoms with Crippen LogP contribution in [-0.2, 0) is 9.59 Å². The molecule has 0 radical (unpaired) electrons. The fourth-order valence-corrected chi connectivity index (χ4v) is 2.89. The maximum Gasteiger partial charge on any atom is 0.238 e. The van der Waals surface area contributed by atoms with Gasteiger partial charge < -0.3 is 22.1 Å². The molecule has 1 heterocycles. The molecule has 1 aromatic carbocycles. The summed E-state index contributed by atoms with van der Waals surface area (Å²) in [7, 11) is 0. The van der Waals surface area contributed by atoms with Crippen LogP contribution in [0.5, 0.6) is 0 Å². The highest BCUT2D eigenvalue weighted by Crippen LogP contribution is 2.32. The van der Waals surface area contributed by atoms with Gasteiger partial charge in [-0.1, -0.05) is 23.2 Å². The highest BCUT2D eigenvalue weighted by molar-refractivity contribution is 6.40. The number of nitrogens with two attached hydrogens (primary N) is 2. The standard InChI is InChI=1S/C13H17Cl2N5O2/c14-8-3-7(16)4-9(15)12(8)19-11(21)6-20-2-1-18-5-10(20)13(17)22/h3-4,10,18H,1-2,5-6,16H2,(H2,17,22)(H,19,21)/t10-/m0/s1. The number of piperazine rings is 1. The molecule has 0 aliphatic carbocycles. The molecule has 7 nitrogen and oxygen atoms in total. The van der Waals surface area contributed by atoms with E-state index in [0.29, 0.717) is 31.0 Å². The zero-order chi connectivity index (χ0) is 16.3. The van der Waals surface area contributed by atoms with Crippen LogP contribution in [0, 0.1) is 0 Å². The maximum atomic E-state index is 12.2. The summed E-state index contributed by atoms with van der Waals surface area (Å²) in [5.41, 5.74) is 11.7. The molecule has 0 aromatic heterocycles. The van der Waals surface area contributed by atoms with Gasteiger partial charge in [0, 0.05) is 25.3 Å². The number of hydrogen-bond donors (Lipinski definition) is 4. The van der Waals surface area contributed by atoms with Crippen LogP contribution in [0.4, 0.5) is 11.4 Å². The number of rotatable bonds is 4. The van der Waals surface area contributed by atoms with E-state index >= 15 is 0 Å². The highest BCUT2D eigenvalue weighted by atomic mass is 35.5. The van der Waals surface area contributed by atoms with Gasteiger partial charge in [-0.3, -0.25) is 14.5 Å². The van der Waals surface area contributed by atoms with Gasteiger partial charge in [-0.2, -0.15) is 0 Å². The Morgan fingerprint density at radius 3 is 2.59 bits per heavy atom. The van der Waals surface area contributed by atoms with E-state index < -0.39 is 11.9 Å². The van der Waals surface area contributed by atoms with Gasteiger partial charge in [0.25, 0.3) is 0 Å². The zero-order valence-corrected chi connectivity index (χ0v) is 13.2. The highest BCUT2D eigenvalue weighted by Gasteiger charge is 2.28. The molecular formula is C13H17Cl2N5O2. The van der Waals surface area contributed by atoms with Gasteiger partial charge in [0.15, 0.2) is 0 Å². The summed E-state index contributed by atoms with van der Waals surface area (Å²) in [4.78, 5) is 25.3. The van der Waals surface area contributed by atoms with E-state index in [4.69, 9.17) is 34.7 Å². The molecule has 1 fully saturated rings. The predicted molar refractivity (Wildman–Crippen MR) is 86.9 cm³/mol. The summed E-state index contributed by atoms with van der Waals surface area (Å²) in [6.07, 6.45) is 0. The topological polar surface area (TPSA) is 113 Å². The lowest BCUT2D eigenvalue weighted by Crippen LogP contribution is -2.58. The van der Waals surface area contributed by atoms with Crippen molar-refractivity contribution in [2.45, 2.75) is 6.04 Å². The molecule has 0 spiro atoms. The smallest absolute Gasteiger partial charge is 0.238 e. The summed E-state index contributed by atoms with van der Waals surface area (Å²) < 4.78 is 0. The van der Waals surface area contributed by atoms with E-state index in [1.54, 1.807) is 4.90 Å². The molecule has 0 bridgehead atoms. The van der Waals surface area contributed by atoms with Gasteiger partial charge in [-0.15, -0.1) is 0 Å². The Labute approximate surface area is 137 Å². The number of hydrogen-bond acceptors (Lipinski definition) is 5. The number of nitrogens with zero attached hydrogens (tertiary/aromatic N) is 1. The van der Waals surface area contributed by atoms with Gasteiger partial charge >= 0.3 is 0 Å². The lowest BCUT2D eigenvalue weighted by Gasteiger charge is -2.33. The molecule has 6 N–H and O–H groups in total. The van der Waals surface area contributed by atoms with Crippen LogP contribution in [0.3, 0.4) is 0 Å². The minimum atomic E-state index is -0.517. The summed E-state index contributed by atoms with van der Waals surface area (Å²) in [5, 5.41) is 6.21. The Kier molecular flexibility index (Phi) is 5.47. The second kappa shape index (κ2) is 7.15. The van der Waals surface area contributed by atoms with Crippen molar-refractivity contribution in [2.24, 2.45) is 5.73 Å².